The highest BCUT2D eigenvalue weighted by molar-refractivity contribution is 7.17. The van der Waals surface area contributed by atoms with E-state index < -0.39 is 0 Å². The number of hydrogen-bond acceptors (Lipinski definition) is 4. The van der Waals surface area contributed by atoms with Gasteiger partial charge in [0.1, 0.15) is 17.8 Å². The molecule has 0 radical (unpaired) electrons. The lowest BCUT2D eigenvalue weighted by Crippen LogP contribution is -2.25. The summed E-state index contributed by atoms with van der Waals surface area (Å²) in [5.74, 6) is 3.15. The third-order valence-electron chi connectivity index (χ3n) is 6.06. The van der Waals surface area contributed by atoms with Crippen molar-refractivity contribution in [1.29, 1.82) is 0 Å². The summed E-state index contributed by atoms with van der Waals surface area (Å²) in [7, 11) is 2.80. The Morgan fingerprint density at radius 3 is 2.40 bits per heavy atom. The largest absolute Gasteiger partial charge is 0.474 e. The second-order valence-corrected chi connectivity index (χ2v) is 9.27. The molecule has 3 aromatic rings. The number of benzene rings is 1. The first-order valence-corrected chi connectivity index (χ1v) is 11.6. The molecule has 4 rings (SSSR count). The summed E-state index contributed by atoms with van der Waals surface area (Å²) in [5, 5.41) is 8.94. The van der Waals surface area contributed by atoms with Crippen LogP contribution in [0.3, 0.4) is 0 Å². The smallest absolute Gasteiger partial charge is 0.213 e. The lowest BCUT2D eigenvalue weighted by atomic mass is 9.86. The summed E-state index contributed by atoms with van der Waals surface area (Å²) >= 11 is 0. The molecular formula is C24H31N4OP. The summed E-state index contributed by atoms with van der Waals surface area (Å²) in [6, 6.07) is 12.8. The highest BCUT2D eigenvalue weighted by Gasteiger charge is 2.28. The molecule has 0 spiro atoms. The zero-order valence-electron chi connectivity index (χ0n) is 18.1. The van der Waals surface area contributed by atoms with E-state index in [0.717, 1.165) is 55.3 Å². The van der Waals surface area contributed by atoms with Gasteiger partial charge in [-0.1, -0.05) is 32.0 Å². The second kappa shape index (κ2) is 9.26. The Morgan fingerprint density at radius 2 is 1.80 bits per heavy atom. The Hall–Kier alpha value is -2.26. The van der Waals surface area contributed by atoms with Crippen LogP contribution in [0.15, 0.2) is 42.6 Å². The number of ether oxygens (including phenoxy) is 1. The number of rotatable bonds is 6. The molecule has 2 heterocycles. The molecule has 0 amide bonds. The topological polar surface area (TPSA) is 52.8 Å². The maximum absolute atomic E-state index is 6.16. The molecule has 5 nitrogen and oxygen atoms in total. The highest BCUT2D eigenvalue weighted by atomic mass is 31.0. The van der Waals surface area contributed by atoms with E-state index in [1.165, 1.54) is 11.1 Å². The van der Waals surface area contributed by atoms with Crippen molar-refractivity contribution in [3.05, 3.63) is 65.4 Å². The quantitative estimate of drug-likeness (QED) is 0.487. The minimum absolute atomic E-state index is 0.217. The van der Waals surface area contributed by atoms with Crippen LogP contribution in [0, 0.1) is 6.92 Å². The van der Waals surface area contributed by atoms with E-state index in [1.54, 1.807) is 0 Å². The average Bonchev–Trinajstić information content (AvgIpc) is 3.16. The van der Waals surface area contributed by atoms with Crippen molar-refractivity contribution in [2.75, 3.05) is 0 Å². The van der Waals surface area contributed by atoms with Gasteiger partial charge < -0.3 is 4.74 Å². The molecule has 2 atom stereocenters. The molecule has 1 fully saturated rings. The van der Waals surface area contributed by atoms with Gasteiger partial charge in [0, 0.05) is 23.9 Å². The Bertz CT molecular complexity index is 958. The maximum atomic E-state index is 6.16. The van der Waals surface area contributed by atoms with Gasteiger partial charge in [-0.05, 0) is 67.9 Å². The number of aryl methyl sites for hydroxylation is 2. The van der Waals surface area contributed by atoms with Crippen molar-refractivity contribution < 1.29 is 4.74 Å². The molecule has 0 bridgehead atoms. The number of aromatic nitrogens is 4. The second-order valence-electron chi connectivity index (χ2n) is 8.27. The third kappa shape index (κ3) is 4.57. The van der Waals surface area contributed by atoms with Gasteiger partial charge in [0.15, 0.2) is 0 Å². The number of nitrogens with zero attached hydrogens (tertiary/aromatic N) is 4. The summed E-state index contributed by atoms with van der Waals surface area (Å²) in [4.78, 5) is 4.48. The molecule has 1 aromatic carbocycles. The summed E-state index contributed by atoms with van der Waals surface area (Å²) in [6.45, 7) is 6.35. The van der Waals surface area contributed by atoms with Crippen LogP contribution in [0.4, 0.5) is 0 Å². The van der Waals surface area contributed by atoms with Crippen molar-refractivity contribution >= 4 is 9.24 Å². The standard InChI is InChI=1S/C24H31N4OP/c1-4-18-5-10-21(11-6-18)28-17(3)26-27-24(28)19-7-12-22(13-8-19)29-23-14-9-20(15-25-23)16(2)30/h5-6,9-11,14-16,19,22H,4,7-8,12-13,30H2,1-3H3. The molecule has 1 saturated carbocycles. The minimum atomic E-state index is 0.217. The van der Waals surface area contributed by atoms with Crippen molar-refractivity contribution in [3.63, 3.8) is 0 Å². The van der Waals surface area contributed by atoms with E-state index in [4.69, 9.17) is 4.74 Å². The van der Waals surface area contributed by atoms with Gasteiger partial charge in [-0.3, -0.25) is 4.57 Å². The van der Waals surface area contributed by atoms with Crippen LogP contribution in [0.1, 0.15) is 73.9 Å². The third-order valence-corrected chi connectivity index (χ3v) is 6.45. The fraction of sp³-hybridized carbons (Fsp3) is 0.458. The molecule has 2 aromatic heterocycles. The van der Waals surface area contributed by atoms with Crippen molar-refractivity contribution in [3.8, 4) is 11.6 Å². The first-order valence-electron chi connectivity index (χ1n) is 10.9. The Kier molecular flexibility index (Phi) is 6.48. The summed E-state index contributed by atoms with van der Waals surface area (Å²) in [6.07, 6.45) is 7.30. The Balaban J connectivity index is 1.42. The van der Waals surface area contributed by atoms with Gasteiger partial charge in [0.25, 0.3) is 0 Å². The SMILES string of the molecule is CCc1ccc(-n2c(C)nnc2C2CCC(Oc3ccc(C(C)P)cn3)CC2)cc1. The predicted octanol–water partition coefficient (Wildman–Crippen LogP) is 5.57. The van der Waals surface area contributed by atoms with Crippen LogP contribution < -0.4 is 4.74 Å². The van der Waals surface area contributed by atoms with Crippen molar-refractivity contribution in [2.24, 2.45) is 0 Å². The summed E-state index contributed by atoms with van der Waals surface area (Å²) in [5.41, 5.74) is 4.10. The Labute approximate surface area is 181 Å². The molecule has 0 aliphatic heterocycles. The van der Waals surface area contributed by atoms with Gasteiger partial charge in [-0.15, -0.1) is 19.4 Å². The number of pyridine rings is 1. The normalized spacial score (nSPS) is 20.1. The molecule has 1 aliphatic rings. The molecule has 30 heavy (non-hydrogen) atoms. The summed E-state index contributed by atoms with van der Waals surface area (Å²) < 4.78 is 8.38. The molecule has 0 saturated heterocycles. The zero-order chi connectivity index (χ0) is 21.1. The van der Waals surface area contributed by atoms with Crippen LogP contribution in [-0.4, -0.2) is 25.9 Å². The fourth-order valence-corrected chi connectivity index (χ4v) is 4.38. The predicted molar refractivity (Wildman–Crippen MR) is 123 cm³/mol. The lowest BCUT2D eigenvalue weighted by Gasteiger charge is -2.28. The molecule has 1 aliphatic carbocycles. The van der Waals surface area contributed by atoms with Crippen LogP contribution in [0.25, 0.3) is 5.69 Å². The van der Waals surface area contributed by atoms with E-state index in [0.29, 0.717) is 11.6 Å². The van der Waals surface area contributed by atoms with Crippen LogP contribution in [-0.2, 0) is 6.42 Å². The van der Waals surface area contributed by atoms with Gasteiger partial charge in [-0.25, -0.2) is 4.98 Å². The van der Waals surface area contributed by atoms with E-state index in [-0.39, 0.29) is 6.10 Å². The Morgan fingerprint density at radius 1 is 1.07 bits per heavy atom. The van der Waals surface area contributed by atoms with E-state index >= 15 is 0 Å². The highest BCUT2D eigenvalue weighted by Crippen LogP contribution is 2.35. The van der Waals surface area contributed by atoms with Crippen LogP contribution in [0.2, 0.25) is 0 Å². The van der Waals surface area contributed by atoms with Gasteiger partial charge in [-0.2, -0.15) is 0 Å². The van der Waals surface area contributed by atoms with Crippen molar-refractivity contribution in [1.82, 2.24) is 19.7 Å². The van der Waals surface area contributed by atoms with E-state index in [9.17, 15) is 0 Å². The van der Waals surface area contributed by atoms with Gasteiger partial charge in [0.05, 0.1) is 0 Å². The fourth-order valence-electron chi connectivity index (χ4n) is 4.18. The average molecular weight is 423 g/mol. The van der Waals surface area contributed by atoms with E-state index in [2.05, 4.69) is 73.2 Å². The monoisotopic (exact) mass is 422 g/mol. The molecule has 158 valence electrons. The van der Waals surface area contributed by atoms with Crippen molar-refractivity contribution in [2.45, 2.75) is 70.6 Å². The van der Waals surface area contributed by atoms with Crippen LogP contribution in [0.5, 0.6) is 5.88 Å². The molecule has 6 heteroatoms. The van der Waals surface area contributed by atoms with Crippen LogP contribution >= 0.6 is 9.24 Å². The first kappa shape index (κ1) is 21.0. The molecule has 2 unspecified atom stereocenters. The zero-order valence-corrected chi connectivity index (χ0v) is 19.2. The van der Waals surface area contributed by atoms with Gasteiger partial charge in [0.2, 0.25) is 5.88 Å². The minimum Gasteiger partial charge on any atom is -0.474 e. The van der Waals surface area contributed by atoms with Gasteiger partial charge >= 0.3 is 0 Å². The lowest BCUT2D eigenvalue weighted by molar-refractivity contribution is 0.139. The molecular weight excluding hydrogens is 391 g/mol. The number of hydrogen-bond donors (Lipinski definition) is 0. The van der Waals surface area contributed by atoms with E-state index in [1.807, 2.05) is 19.2 Å². The molecule has 0 N–H and O–H groups in total. The maximum Gasteiger partial charge on any atom is 0.213 e. The first-order chi connectivity index (χ1) is 14.5.